The molecule has 1 saturated heterocycles. The zero-order chi connectivity index (χ0) is 17.9. The molecule has 1 aromatic heterocycles. The molecular formula is C17H27N5O2. The summed E-state index contributed by atoms with van der Waals surface area (Å²) in [4.78, 5) is 22.5. The molecule has 1 aliphatic heterocycles. The first-order chi connectivity index (χ1) is 11.3. The van der Waals surface area contributed by atoms with Crippen LogP contribution in [0, 0.1) is 24.2 Å². The molecule has 7 nitrogen and oxygen atoms in total. The summed E-state index contributed by atoms with van der Waals surface area (Å²) in [5.74, 6) is 1.68. The maximum absolute atomic E-state index is 12.5. The van der Waals surface area contributed by atoms with Crippen LogP contribution < -0.4 is 4.90 Å². The third kappa shape index (κ3) is 4.06. The molecule has 1 amide bonds. The van der Waals surface area contributed by atoms with E-state index >= 15 is 0 Å². The van der Waals surface area contributed by atoms with Crippen molar-refractivity contribution in [2.75, 3.05) is 44.7 Å². The number of piperazine rings is 1. The number of carbonyl (C=O) groups is 1. The first-order valence-electron chi connectivity index (χ1n) is 8.44. The van der Waals surface area contributed by atoms with E-state index in [1.807, 2.05) is 16.8 Å². The number of nitriles is 1. The lowest BCUT2D eigenvalue weighted by Gasteiger charge is -2.36. The summed E-state index contributed by atoms with van der Waals surface area (Å²) >= 11 is 0. The second-order valence-corrected chi connectivity index (χ2v) is 6.77. The third-order valence-electron chi connectivity index (χ3n) is 4.79. The van der Waals surface area contributed by atoms with Gasteiger partial charge in [-0.1, -0.05) is 13.8 Å². The zero-order valence-corrected chi connectivity index (χ0v) is 15.2. The van der Waals surface area contributed by atoms with Crippen LogP contribution in [0.2, 0.25) is 0 Å². The van der Waals surface area contributed by atoms with Gasteiger partial charge in [-0.3, -0.25) is 9.69 Å². The number of rotatable bonds is 5. The van der Waals surface area contributed by atoms with E-state index in [-0.39, 0.29) is 5.91 Å². The Balaban J connectivity index is 1.90. The van der Waals surface area contributed by atoms with Crippen molar-refractivity contribution in [1.82, 2.24) is 14.8 Å². The van der Waals surface area contributed by atoms with E-state index in [0.29, 0.717) is 62.2 Å². The van der Waals surface area contributed by atoms with E-state index in [0.717, 1.165) is 0 Å². The van der Waals surface area contributed by atoms with Crippen molar-refractivity contribution < 1.29 is 9.21 Å². The van der Waals surface area contributed by atoms with Gasteiger partial charge < -0.3 is 14.2 Å². The maximum Gasteiger partial charge on any atom is 0.236 e. The number of likely N-dealkylation sites (N-methyl/N-ethyl adjacent to an activating group) is 1. The highest BCUT2D eigenvalue weighted by molar-refractivity contribution is 5.78. The number of aryl methyl sites for hydroxylation is 1. The number of aromatic nitrogens is 1. The minimum absolute atomic E-state index is 0.152. The molecule has 1 aromatic rings. The standard InChI is InChI=1S/C17H27N5O2/c1-12(2)13(3)20(5)11-16(23)21-6-8-22(9-7-21)17-15(10-18)19-14(4)24-17/h12-13H,6-9,11H2,1-5H3/t13-/m1/s1. The molecule has 24 heavy (non-hydrogen) atoms. The van der Waals surface area contributed by atoms with Gasteiger partial charge >= 0.3 is 0 Å². The highest BCUT2D eigenvalue weighted by Gasteiger charge is 2.27. The Morgan fingerprint density at radius 3 is 2.50 bits per heavy atom. The fourth-order valence-corrected chi connectivity index (χ4v) is 2.83. The number of anilines is 1. The molecule has 7 heteroatoms. The summed E-state index contributed by atoms with van der Waals surface area (Å²) < 4.78 is 5.54. The highest BCUT2D eigenvalue weighted by Crippen LogP contribution is 2.22. The molecule has 0 aromatic carbocycles. The van der Waals surface area contributed by atoms with Crippen LogP contribution in [0.4, 0.5) is 5.88 Å². The van der Waals surface area contributed by atoms with Gasteiger partial charge in [0.2, 0.25) is 17.5 Å². The molecular weight excluding hydrogens is 306 g/mol. The summed E-state index contributed by atoms with van der Waals surface area (Å²) in [5, 5.41) is 9.13. The number of carbonyl (C=O) groups excluding carboxylic acids is 1. The molecule has 1 aliphatic rings. The molecule has 0 radical (unpaired) electrons. The third-order valence-corrected chi connectivity index (χ3v) is 4.79. The summed E-state index contributed by atoms with van der Waals surface area (Å²) in [6.45, 7) is 11.2. The van der Waals surface area contributed by atoms with E-state index in [2.05, 4.69) is 36.7 Å². The van der Waals surface area contributed by atoms with E-state index < -0.39 is 0 Å². The van der Waals surface area contributed by atoms with Crippen LogP contribution in [0.1, 0.15) is 32.4 Å². The van der Waals surface area contributed by atoms with Crippen molar-refractivity contribution in [3.05, 3.63) is 11.6 Å². The van der Waals surface area contributed by atoms with Gasteiger partial charge in [-0.15, -0.1) is 0 Å². The average molecular weight is 333 g/mol. The minimum atomic E-state index is 0.152. The Kier molecular flexibility index (Phi) is 5.84. The van der Waals surface area contributed by atoms with Crippen LogP contribution in [0.15, 0.2) is 4.42 Å². The monoisotopic (exact) mass is 333 g/mol. The molecule has 0 bridgehead atoms. The predicted molar refractivity (Wildman–Crippen MR) is 91.7 cm³/mol. The van der Waals surface area contributed by atoms with E-state index in [4.69, 9.17) is 9.68 Å². The largest absolute Gasteiger partial charge is 0.424 e. The number of hydrogen-bond donors (Lipinski definition) is 0. The zero-order valence-electron chi connectivity index (χ0n) is 15.2. The van der Waals surface area contributed by atoms with Crippen molar-refractivity contribution >= 4 is 11.8 Å². The Bertz CT molecular complexity index is 611. The lowest BCUT2D eigenvalue weighted by atomic mass is 10.1. The number of hydrogen-bond acceptors (Lipinski definition) is 6. The number of amides is 1. The van der Waals surface area contributed by atoms with Crippen LogP contribution in [0.25, 0.3) is 0 Å². The van der Waals surface area contributed by atoms with Gasteiger partial charge in [0.05, 0.1) is 6.54 Å². The van der Waals surface area contributed by atoms with Gasteiger partial charge in [0, 0.05) is 39.1 Å². The molecule has 1 fully saturated rings. The molecule has 0 saturated carbocycles. The summed E-state index contributed by atoms with van der Waals surface area (Å²) in [5.41, 5.74) is 0.317. The van der Waals surface area contributed by atoms with Gasteiger partial charge in [0.1, 0.15) is 6.07 Å². The van der Waals surface area contributed by atoms with Crippen LogP contribution in [0.3, 0.4) is 0 Å². The normalized spacial score (nSPS) is 16.6. The smallest absolute Gasteiger partial charge is 0.236 e. The second kappa shape index (κ2) is 7.67. The second-order valence-electron chi connectivity index (χ2n) is 6.77. The molecule has 1 atom stereocenters. The molecule has 0 spiro atoms. The van der Waals surface area contributed by atoms with Crippen molar-refractivity contribution in [3.63, 3.8) is 0 Å². The van der Waals surface area contributed by atoms with Gasteiger partial charge in [0.15, 0.2) is 5.89 Å². The molecule has 132 valence electrons. The van der Waals surface area contributed by atoms with Gasteiger partial charge in [-0.05, 0) is 19.9 Å². The quantitative estimate of drug-likeness (QED) is 0.812. The topological polar surface area (TPSA) is 76.6 Å². The molecule has 2 rings (SSSR count). The number of oxazole rings is 1. The average Bonchev–Trinajstić information content (AvgIpc) is 2.94. The Morgan fingerprint density at radius 1 is 1.33 bits per heavy atom. The SMILES string of the molecule is Cc1nc(C#N)c(N2CCN(C(=O)CN(C)[C@H](C)C(C)C)CC2)o1. The lowest BCUT2D eigenvalue weighted by molar-refractivity contribution is -0.133. The fraction of sp³-hybridized carbons (Fsp3) is 0.706. The van der Waals surface area contributed by atoms with E-state index in [1.165, 1.54) is 0 Å². The fourth-order valence-electron chi connectivity index (χ4n) is 2.83. The number of nitrogens with zero attached hydrogens (tertiary/aromatic N) is 5. The molecule has 0 N–H and O–H groups in total. The van der Waals surface area contributed by atoms with Crippen molar-refractivity contribution in [3.8, 4) is 6.07 Å². The Morgan fingerprint density at radius 2 is 1.96 bits per heavy atom. The first kappa shape index (κ1) is 18.3. The summed E-state index contributed by atoms with van der Waals surface area (Å²) in [7, 11) is 2.00. The van der Waals surface area contributed by atoms with E-state index in [9.17, 15) is 4.79 Å². The lowest BCUT2D eigenvalue weighted by Crippen LogP contribution is -2.52. The Hall–Kier alpha value is -2.07. The van der Waals surface area contributed by atoms with Crippen molar-refractivity contribution in [1.29, 1.82) is 5.26 Å². The molecule has 0 unspecified atom stereocenters. The van der Waals surface area contributed by atoms with Crippen molar-refractivity contribution in [2.24, 2.45) is 5.92 Å². The van der Waals surface area contributed by atoms with Gasteiger partial charge in [0.25, 0.3) is 0 Å². The van der Waals surface area contributed by atoms with Crippen LogP contribution in [0.5, 0.6) is 0 Å². The molecule has 0 aliphatic carbocycles. The Labute approximate surface area is 143 Å². The van der Waals surface area contributed by atoms with Crippen molar-refractivity contribution in [2.45, 2.75) is 33.7 Å². The maximum atomic E-state index is 12.5. The van der Waals surface area contributed by atoms with Crippen LogP contribution in [-0.2, 0) is 4.79 Å². The summed E-state index contributed by atoms with van der Waals surface area (Å²) in [6.07, 6.45) is 0. The predicted octanol–water partition coefficient (Wildman–Crippen LogP) is 1.48. The molecule has 2 heterocycles. The van der Waals surface area contributed by atoms with Crippen LogP contribution >= 0.6 is 0 Å². The minimum Gasteiger partial charge on any atom is -0.424 e. The van der Waals surface area contributed by atoms with E-state index in [1.54, 1.807) is 6.92 Å². The highest BCUT2D eigenvalue weighted by atomic mass is 16.4. The first-order valence-corrected chi connectivity index (χ1v) is 8.44. The summed E-state index contributed by atoms with van der Waals surface area (Å²) in [6, 6.07) is 2.43. The van der Waals surface area contributed by atoms with Gasteiger partial charge in [-0.25, -0.2) is 4.98 Å². The van der Waals surface area contributed by atoms with Crippen LogP contribution in [-0.4, -0.2) is 66.5 Å². The van der Waals surface area contributed by atoms with Gasteiger partial charge in [-0.2, -0.15) is 5.26 Å².